The fraction of sp³-hybridized carbons (Fsp3) is 0.0667. The summed E-state index contributed by atoms with van der Waals surface area (Å²) in [6.07, 6.45) is 1.43. The molecule has 0 radical (unpaired) electrons. The first-order valence-electron chi connectivity index (χ1n) is 6.45. The highest BCUT2D eigenvalue weighted by molar-refractivity contribution is 14.1. The molecule has 0 saturated heterocycles. The zero-order valence-corrected chi connectivity index (χ0v) is 18.2. The van der Waals surface area contributed by atoms with Gasteiger partial charge < -0.3 is 10.4 Å². The van der Waals surface area contributed by atoms with Crippen molar-refractivity contribution in [1.82, 2.24) is 5.43 Å². The Kier molecular flexibility index (Phi) is 7.33. The van der Waals surface area contributed by atoms with Gasteiger partial charge in [-0.1, -0.05) is 0 Å². The van der Waals surface area contributed by atoms with Gasteiger partial charge in [0.1, 0.15) is 5.75 Å². The van der Waals surface area contributed by atoms with Crippen molar-refractivity contribution in [3.63, 3.8) is 0 Å². The maximum absolute atomic E-state index is 11.7. The summed E-state index contributed by atoms with van der Waals surface area (Å²) in [5.41, 5.74) is 3.86. The van der Waals surface area contributed by atoms with E-state index in [2.05, 4.69) is 61.0 Å². The van der Waals surface area contributed by atoms with Gasteiger partial charge in [-0.2, -0.15) is 5.10 Å². The van der Waals surface area contributed by atoms with Gasteiger partial charge in [-0.25, -0.2) is 5.43 Å². The summed E-state index contributed by atoms with van der Waals surface area (Å²) in [6.45, 7) is 0.119. The van der Waals surface area contributed by atoms with Crippen LogP contribution in [0.3, 0.4) is 0 Å². The average molecular weight is 647 g/mol. The van der Waals surface area contributed by atoms with E-state index in [9.17, 15) is 9.90 Å². The molecule has 0 fully saturated rings. The molecule has 8 heteroatoms. The number of amides is 1. The Morgan fingerprint density at radius 3 is 2.52 bits per heavy atom. The lowest BCUT2D eigenvalue weighted by atomic mass is 10.2. The van der Waals surface area contributed by atoms with Crippen LogP contribution >= 0.6 is 67.8 Å². The third kappa shape index (κ3) is 6.06. The number of carbonyl (C=O) groups excluding carboxylic acids is 1. The number of nitrogens with one attached hydrogen (secondary N) is 2. The second-order valence-electron chi connectivity index (χ2n) is 4.48. The van der Waals surface area contributed by atoms with Crippen molar-refractivity contribution in [3.05, 3.63) is 52.7 Å². The van der Waals surface area contributed by atoms with E-state index < -0.39 is 0 Å². The van der Waals surface area contributed by atoms with Gasteiger partial charge in [0.05, 0.1) is 16.3 Å². The van der Waals surface area contributed by atoms with Gasteiger partial charge in [-0.05, 0) is 104 Å². The molecule has 0 heterocycles. The van der Waals surface area contributed by atoms with Crippen LogP contribution < -0.4 is 10.7 Å². The van der Waals surface area contributed by atoms with Gasteiger partial charge in [-0.3, -0.25) is 4.79 Å². The van der Waals surface area contributed by atoms with Crippen LogP contribution in [0.4, 0.5) is 5.69 Å². The number of halogens is 3. The summed E-state index contributed by atoms with van der Waals surface area (Å²) < 4.78 is 2.86. The third-order valence-electron chi connectivity index (χ3n) is 2.75. The monoisotopic (exact) mass is 647 g/mol. The van der Waals surface area contributed by atoms with Gasteiger partial charge in [-0.15, -0.1) is 0 Å². The third-order valence-corrected chi connectivity index (χ3v) is 4.91. The number of hydrogen-bond acceptors (Lipinski definition) is 4. The maximum atomic E-state index is 11.7. The Labute approximate surface area is 174 Å². The number of phenolic OH excluding ortho intramolecular Hbond substituents is 1. The zero-order chi connectivity index (χ0) is 16.8. The van der Waals surface area contributed by atoms with Crippen LogP contribution in [0.1, 0.15) is 5.56 Å². The van der Waals surface area contributed by atoms with Crippen LogP contribution in [0.15, 0.2) is 41.5 Å². The number of benzene rings is 2. The first-order valence-corrected chi connectivity index (χ1v) is 9.68. The quantitative estimate of drug-likeness (QED) is 0.263. The second-order valence-corrected chi connectivity index (χ2v) is 8.13. The zero-order valence-electron chi connectivity index (χ0n) is 11.7. The number of carbonyl (C=O) groups is 1. The van der Waals surface area contributed by atoms with Crippen LogP contribution in [0.5, 0.6) is 5.75 Å². The van der Waals surface area contributed by atoms with Gasteiger partial charge in [0.25, 0.3) is 5.91 Å². The molecule has 2 rings (SSSR count). The van der Waals surface area contributed by atoms with E-state index in [-0.39, 0.29) is 18.2 Å². The van der Waals surface area contributed by atoms with Crippen molar-refractivity contribution in [1.29, 1.82) is 0 Å². The molecule has 0 aromatic heterocycles. The second kappa shape index (κ2) is 9.01. The van der Waals surface area contributed by atoms with Gasteiger partial charge in [0.2, 0.25) is 0 Å². The highest BCUT2D eigenvalue weighted by Crippen LogP contribution is 2.25. The van der Waals surface area contributed by atoms with E-state index in [4.69, 9.17) is 0 Å². The molecule has 23 heavy (non-hydrogen) atoms. The number of phenols is 1. The molecule has 2 aromatic rings. The first kappa shape index (κ1) is 18.7. The summed E-state index contributed by atoms with van der Waals surface area (Å²) in [5.74, 6) is -0.111. The van der Waals surface area contributed by atoms with Crippen LogP contribution in [0.2, 0.25) is 0 Å². The number of nitrogens with zero attached hydrogens (tertiary/aromatic N) is 1. The molecule has 1 amide bonds. The Balaban J connectivity index is 1.88. The van der Waals surface area contributed by atoms with Crippen molar-refractivity contribution >= 4 is 85.6 Å². The minimum atomic E-state index is -0.264. The number of hydrogen-bond donors (Lipinski definition) is 3. The molecule has 0 aliphatic heterocycles. The molecule has 120 valence electrons. The number of aromatic hydroxyl groups is 1. The van der Waals surface area contributed by atoms with E-state index in [1.54, 1.807) is 6.07 Å². The first-order chi connectivity index (χ1) is 11.0. The van der Waals surface area contributed by atoms with Gasteiger partial charge >= 0.3 is 0 Å². The fourth-order valence-electron chi connectivity index (χ4n) is 1.65. The Morgan fingerprint density at radius 1 is 1.13 bits per heavy atom. The van der Waals surface area contributed by atoms with Crippen molar-refractivity contribution < 1.29 is 9.90 Å². The van der Waals surface area contributed by atoms with Gasteiger partial charge in [0.15, 0.2) is 0 Å². The van der Waals surface area contributed by atoms with E-state index in [0.29, 0.717) is 5.56 Å². The normalized spacial score (nSPS) is 10.7. The van der Waals surface area contributed by atoms with E-state index >= 15 is 0 Å². The fourth-order valence-corrected chi connectivity index (χ4v) is 3.90. The predicted molar refractivity (Wildman–Crippen MR) is 117 cm³/mol. The van der Waals surface area contributed by atoms with Crippen LogP contribution in [0, 0.1) is 10.7 Å². The highest BCUT2D eigenvalue weighted by Gasteiger charge is 2.05. The van der Waals surface area contributed by atoms with Gasteiger partial charge in [0, 0.05) is 18.4 Å². The molecule has 0 atom stereocenters. The molecule has 0 bridgehead atoms. The number of rotatable bonds is 5. The summed E-state index contributed by atoms with van der Waals surface area (Å²) in [6, 6.07) is 11.4. The van der Waals surface area contributed by atoms with Crippen molar-refractivity contribution in [3.8, 4) is 5.75 Å². The van der Waals surface area contributed by atoms with Crippen LogP contribution in [-0.4, -0.2) is 23.8 Å². The van der Waals surface area contributed by atoms with Crippen molar-refractivity contribution in [2.45, 2.75) is 0 Å². The molecule has 3 N–H and O–H groups in total. The number of anilines is 1. The lowest BCUT2D eigenvalue weighted by molar-refractivity contribution is -0.119. The molecular weight excluding hydrogens is 635 g/mol. The lowest BCUT2D eigenvalue weighted by Gasteiger charge is -2.05. The molecule has 0 spiro atoms. The number of hydrazone groups is 1. The molecule has 0 unspecified atom stereocenters. The lowest BCUT2D eigenvalue weighted by Crippen LogP contribution is -2.25. The minimum absolute atomic E-state index is 0.119. The maximum Gasteiger partial charge on any atom is 0.259 e. The standard InChI is InChI=1S/C15H12I3N3O2/c16-10-1-3-12(4-2-10)19-8-14(22)21-20-7-9-5-11(17)6-13(18)15(9)23/h1-7,19,23H,8H2,(H,21,22)/b20-7-. The summed E-state index contributed by atoms with van der Waals surface area (Å²) in [7, 11) is 0. The molecule has 5 nitrogen and oxygen atoms in total. The van der Waals surface area contributed by atoms with Crippen LogP contribution in [0.25, 0.3) is 0 Å². The molecule has 0 aliphatic carbocycles. The Bertz CT molecular complexity index is 733. The van der Waals surface area contributed by atoms with Crippen molar-refractivity contribution in [2.75, 3.05) is 11.9 Å². The smallest absolute Gasteiger partial charge is 0.259 e. The van der Waals surface area contributed by atoms with E-state index in [0.717, 1.165) is 16.4 Å². The minimum Gasteiger partial charge on any atom is -0.506 e. The molecule has 0 aliphatic rings. The largest absolute Gasteiger partial charge is 0.506 e. The Hall–Kier alpha value is -0.630. The summed E-state index contributed by atoms with van der Waals surface area (Å²) in [4.78, 5) is 11.7. The molecule has 0 saturated carbocycles. The molecule has 2 aromatic carbocycles. The molecular formula is C15H12I3N3O2. The van der Waals surface area contributed by atoms with E-state index in [1.165, 1.54) is 6.21 Å². The van der Waals surface area contributed by atoms with Crippen LogP contribution in [-0.2, 0) is 4.79 Å². The van der Waals surface area contributed by atoms with E-state index in [1.807, 2.05) is 52.9 Å². The average Bonchev–Trinajstić information content (AvgIpc) is 2.51. The predicted octanol–water partition coefficient (Wildman–Crippen LogP) is 3.77. The topological polar surface area (TPSA) is 73.7 Å². The highest BCUT2D eigenvalue weighted by atomic mass is 127. The summed E-state index contributed by atoms with van der Waals surface area (Å²) in [5, 5.41) is 16.8. The summed E-state index contributed by atoms with van der Waals surface area (Å²) >= 11 is 6.43. The Morgan fingerprint density at radius 2 is 1.83 bits per heavy atom. The SMILES string of the molecule is O=C(CNc1ccc(I)cc1)N/N=C\c1cc(I)cc(I)c1O. The van der Waals surface area contributed by atoms with Crippen molar-refractivity contribution in [2.24, 2.45) is 5.10 Å².